The highest BCUT2D eigenvalue weighted by molar-refractivity contribution is 5.88. The van der Waals surface area contributed by atoms with Gasteiger partial charge in [0, 0.05) is 12.6 Å². The highest BCUT2D eigenvalue weighted by Gasteiger charge is 2.27. The molecule has 2 aliphatic rings. The predicted octanol–water partition coefficient (Wildman–Crippen LogP) is 2.39. The average Bonchev–Trinajstić information content (AvgIpc) is 2.88. The SMILES string of the molecule is CC(C)(C)OC(=O)N1CCN=C(NC2Cc3ccccc3C2)C1. The van der Waals surface area contributed by atoms with Crippen LogP contribution in [0.25, 0.3) is 0 Å². The molecule has 1 aromatic carbocycles. The molecule has 0 fully saturated rings. The fourth-order valence-electron chi connectivity index (χ4n) is 3.09. The first-order valence-corrected chi connectivity index (χ1v) is 8.25. The van der Waals surface area contributed by atoms with E-state index in [1.54, 1.807) is 4.90 Å². The standard InChI is InChI=1S/C18H25N3O2/c1-18(2,3)23-17(22)21-9-8-19-16(12-21)20-15-10-13-6-4-5-7-14(13)11-15/h4-7,15H,8-12H2,1-3H3,(H,19,20). The maximum atomic E-state index is 12.2. The molecule has 0 unspecified atom stereocenters. The van der Waals surface area contributed by atoms with Crippen LogP contribution in [0.3, 0.4) is 0 Å². The summed E-state index contributed by atoms with van der Waals surface area (Å²) >= 11 is 0. The first-order chi connectivity index (χ1) is 10.9. The van der Waals surface area contributed by atoms with Crippen molar-refractivity contribution < 1.29 is 9.53 Å². The van der Waals surface area contributed by atoms with Crippen molar-refractivity contribution in [2.24, 2.45) is 4.99 Å². The Morgan fingerprint density at radius 2 is 1.91 bits per heavy atom. The zero-order chi connectivity index (χ0) is 16.4. The summed E-state index contributed by atoms with van der Waals surface area (Å²) in [5, 5.41) is 3.51. The maximum absolute atomic E-state index is 12.2. The van der Waals surface area contributed by atoms with Crippen LogP contribution in [-0.4, -0.2) is 48.1 Å². The minimum atomic E-state index is -0.466. The molecule has 0 saturated carbocycles. The summed E-state index contributed by atoms with van der Waals surface area (Å²) in [6.45, 7) is 7.40. The van der Waals surface area contributed by atoms with Crippen LogP contribution in [0.5, 0.6) is 0 Å². The van der Waals surface area contributed by atoms with Gasteiger partial charge in [0.05, 0.1) is 13.1 Å². The van der Waals surface area contributed by atoms with Crippen molar-refractivity contribution >= 4 is 11.9 Å². The number of nitrogens with zero attached hydrogens (tertiary/aromatic N) is 2. The number of benzene rings is 1. The molecule has 0 radical (unpaired) electrons. The monoisotopic (exact) mass is 315 g/mol. The number of fused-ring (bicyclic) bond motifs is 1. The lowest BCUT2D eigenvalue weighted by atomic mass is 10.1. The van der Waals surface area contributed by atoms with E-state index in [1.807, 2.05) is 20.8 Å². The smallest absolute Gasteiger partial charge is 0.410 e. The normalized spacial score (nSPS) is 18.4. The van der Waals surface area contributed by atoms with Gasteiger partial charge in [0.1, 0.15) is 11.4 Å². The Kier molecular flexibility index (Phi) is 4.28. The number of carbonyl (C=O) groups is 1. The van der Waals surface area contributed by atoms with Crippen LogP contribution in [0, 0.1) is 0 Å². The van der Waals surface area contributed by atoms with Gasteiger partial charge in [0.25, 0.3) is 0 Å². The number of amides is 1. The second-order valence-corrected chi connectivity index (χ2v) is 7.25. The fourth-order valence-corrected chi connectivity index (χ4v) is 3.09. The van der Waals surface area contributed by atoms with Crippen LogP contribution in [0.1, 0.15) is 31.9 Å². The average molecular weight is 315 g/mol. The molecular formula is C18H25N3O2. The molecule has 1 N–H and O–H groups in total. The molecule has 0 aromatic heterocycles. The van der Waals surface area contributed by atoms with Crippen LogP contribution in [-0.2, 0) is 17.6 Å². The second kappa shape index (κ2) is 6.22. The molecule has 3 rings (SSSR count). The highest BCUT2D eigenvalue weighted by atomic mass is 16.6. The number of nitrogens with one attached hydrogen (secondary N) is 1. The molecule has 1 aliphatic carbocycles. The Morgan fingerprint density at radius 3 is 2.52 bits per heavy atom. The third-order valence-electron chi connectivity index (χ3n) is 4.09. The van der Waals surface area contributed by atoms with E-state index in [1.165, 1.54) is 11.1 Å². The van der Waals surface area contributed by atoms with Crippen LogP contribution in [0.4, 0.5) is 4.79 Å². The van der Waals surface area contributed by atoms with Crippen LogP contribution >= 0.6 is 0 Å². The van der Waals surface area contributed by atoms with Crippen molar-refractivity contribution in [2.45, 2.75) is 45.3 Å². The summed E-state index contributed by atoms with van der Waals surface area (Å²) < 4.78 is 5.45. The van der Waals surface area contributed by atoms with Crippen LogP contribution < -0.4 is 5.32 Å². The third kappa shape index (κ3) is 4.03. The van der Waals surface area contributed by atoms with Crippen molar-refractivity contribution in [1.82, 2.24) is 10.2 Å². The number of amidine groups is 1. The van der Waals surface area contributed by atoms with Crippen molar-refractivity contribution in [3.8, 4) is 0 Å². The van der Waals surface area contributed by atoms with Gasteiger partial charge < -0.3 is 10.1 Å². The van der Waals surface area contributed by atoms with E-state index < -0.39 is 5.60 Å². The Hall–Kier alpha value is -2.04. The van der Waals surface area contributed by atoms with E-state index >= 15 is 0 Å². The van der Waals surface area contributed by atoms with Gasteiger partial charge in [-0.3, -0.25) is 9.89 Å². The van der Waals surface area contributed by atoms with Gasteiger partial charge in [-0.05, 0) is 44.7 Å². The molecule has 0 atom stereocenters. The minimum Gasteiger partial charge on any atom is -0.444 e. The van der Waals surface area contributed by atoms with E-state index in [4.69, 9.17) is 4.74 Å². The molecule has 0 bridgehead atoms. The van der Waals surface area contributed by atoms with E-state index in [0.29, 0.717) is 25.7 Å². The number of ether oxygens (including phenoxy) is 1. The minimum absolute atomic E-state index is 0.263. The largest absolute Gasteiger partial charge is 0.444 e. The third-order valence-corrected chi connectivity index (χ3v) is 4.09. The molecule has 1 aromatic rings. The molecule has 0 saturated heterocycles. The Balaban J connectivity index is 1.56. The van der Waals surface area contributed by atoms with Crippen molar-refractivity contribution in [1.29, 1.82) is 0 Å². The lowest BCUT2D eigenvalue weighted by molar-refractivity contribution is 0.0276. The van der Waals surface area contributed by atoms with Gasteiger partial charge in [-0.25, -0.2) is 4.79 Å². The quantitative estimate of drug-likeness (QED) is 0.866. The number of carbonyl (C=O) groups excluding carboxylic acids is 1. The number of aliphatic imine (C=N–C) groups is 1. The summed E-state index contributed by atoms with van der Waals surface area (Å²) in [6.07, 6.45) is 1.77. The summed E-state index contributed by atoms with van der Waals surface area (Å²) in [7, 11) is 0. The lowest BCUT2D eigenvalue weighted by Gasteiger charge is -2.30. The fraction of sp³-hybridized carbons (Fsp3) is 0.556. The van der Waals surface area contributed by atoms with Crippen molar-refractivity contribution in [3.05, 3.63) is 35.4 Å². The molecule has 23 heavy (non-hydrogen) atoms. The van der Waals surface area contributed by atoms with Gasteiger partial charge in [0.15, 0.2) is 0 Å². The predicted molar refractivity (Wildman–Crippen MR) is 90.9 cm³/mol. The van der Waals surface area contributed by atoms with E-state index in [0.717, 1.165) is 18.7 Å². The summed E-state index contributed by atoms with van der Waals surface area (Å²) in [5.74, 6) is 0.889. The molecular weight excluding hydrogens is 290 g/mol. The molecule has 124 valence electrons. The summed E-state index contributed by atoms with van der Waals surface area (Å²) in [4.78, 5) is 18.5. The van der Waals surface area contributed by atoms with Gasteiger partial charge in [0.2, 0.25) is 0 Å². The lowest BCUT2D eigenvalue weighted by Crippen LogP contribution is -2.49. The van der Waals surface area contributed by atoms with E-state index in [9.17, 15) is 4.79 Å². The molecule has 1 aliphatic heterocycles. The van der Waals surface area contributed by atoms with Gasteiger partial charge in [-0.1, -0.05) is 24.3 Å². The first-order valence-electron chi connectivity index (χ1n) is 8.25. The Labute approximate surface area is 137 Å². The van der Waals surface area contributed by atoms with Crippen LogP contribution in [0.15, 0.2) is 29.3 Å². The topological polar surface area (TPSA) is 53.9 Å². The van der Waals surface area contributed by atoms with Gasteiger partial charge in [-0.15, -0.1) is 0 Å². The van der Waals surface area contributed by atoms with Gasteiger partial charge in [-0.2, -0.15) is 0 Å². The Bertz CT molecular complexity index is 594. The van der Waals surface area contributed by atoms with Gasteiger partial charge >= 0.3 is 6.09 Å². The Morgan fingerprint density at radius 1 is 1.26 bits per heavy atom. The van der Waals surface area contributed by atoms with E-state index in [-0.39, 0.29) is 6.09 Å². The molecule has 5 heteroatoms. The number of hydrogen-bond donors (Lipinski definition) is 1. The summed E-state index contributed by atoms with van der Waals surface area (Å²) in [6, 6.07) is 8.91. The van der Waals surface area contributed by atoms with Crippen molar-refractivity contribution in [3.63, 3.8) is 0 Å². The number of hydrogen-bond acceptors (Lipinski definition) is 4. The molecule has 1 heterocycles. The van der Waals surface area contributed by atoms with Crippen molar-refractivity contribution in [2.75, 3.05) is 19.6 Å². The number of rotatable bonds is 1. The molecule has 0 spiro atoms. The molecule has 1 amide bonds. The zero-order valence-electron chi connectivity index (χ0n) is 14.1. The zero-order valence-corrected chi connectivity index (χ0v) is 14.1. The van der Waals surface area contributed by atoms with Crippen LogP contribution in [0.2, 0.25) is 0 Å². The summed E-state index contributed by atoms with van der Waals surface area (Å²) in [5.41, 5.74) is 2.35. The molecule has 5 nitrogen and oxygen atoms in total. The first kappa shape index (κ1) is 15.8. The highest BCUT2D eigenvalue weighted by Crippen LogP contribution is 2.21. The van der Waals surface area contributed by atoms with E-state index in [2.05, 4.69) is 34.6 Å². The second-order valence-electron chi connectivity index (χ2n) is 7.25. The maximum Gasteiger partial charge on any atom is 0.410 e.